The SMILES string of the molecule is C=C(C)C(=O)OCCOCCCC=[OH+]. The molecule has 14 heavy (non-hydrogen) atoms. The van der Waals surface area contributed by atoms with E-state index in [1.54, 1.807) is 6.92 Å². The standard InChI is InChI=1S/C10H16O4/c1-9(2)10(12)14-8-7-13-6-4-3-5-11/h5H,1,3-4,6-8H2,2H3/p+1. The summed E-state index contributed by atoms with van der Waals surface area (Å²) in [5.74, 6) is -0.391. The molecule has 0 heterocycles. The van der Waals surface area contributed by atoms with Crippen LogP contribution < -0.4 is 0 Å². The van der Waals surface area contributed by atoms with Crippen LogP contribution in [0.2, 0.25) is 0 Å². The van der Waals surface area contributed by atoms with Gasteiger partial charge < -0.3 is 9.47 Å². The number of ether oxygens (including phenoxy) is 2. The van der Waals surface area contributed by atoms with Gasteiger partial charge in [0.25, 0.3) is 6.29 Å². The third-order valence-electron chi connectivity index (χ3n) is 1.43. The molecule has 1 N–H and O–H groups in total. The summed E-state index contributed by atoms with van der Waals surface area (Å²) >= 11 is 0. The fourth-order valence-electron chi connectivity index (χ4n) is 0.695. The summed E-state index contributed by atoms with van der Waals surface area (Å²) in [4.78, 5) is 19.2. The topological polar surface area (TPSA) is 56.9 Å². The van der Waals surface area contributed by atoms with Crippen molar-refractivity contribution in [3.63, 3.8) is 0 Å². The Labute approximate surface area is 83.9 Å². The van der Waals surface area contributed by atoms with E-state index in [4.69, 9.17) is 14.3 Å². The average molecular weight is 201 g/mol. The number of rotatable bonds is 8. The number of esters is 1. The Bertz CT molecular complexity index is 198. The van der Waals surface area contributed by atoms with Crippen molar-refractivity contribution in [2.45, 2.75) is 19.8 Å². The number of hydrogen-bond acceptors (Lipinski definition) is 3. The average Bonchev–Trinajstić information content (AvgIpc) is 2.16. The quantitative estimate of drug-likeness (QED) is 0.194. The smallest absolute Gasteiger partial charge is 0.333 e. The first kappa shape index (κ1) is 12.8. The molecule has 0 saturated carbocycles. The van der Waals surface area contributed by atoms with Gasteiger partial charge in [-0.1, -0.05) is 6.58 Å². The Morgan fingerprint density at radius 2 is 2.14 bits per heavy atom. The van der Waals surface area contributed by atoms with Crippen molar-refractivity contribution in [1.29, 1.82) is 0 Å². The highest BCUT2D eigenvalue weighted by molar-refractivity contribution is 5.86. The van der Waals surface area contributed by atoms with Gasteiger partial charge in [-0.05, 0) is 13.3 Å². The summed E-state index contributed by atoms with van der Waals surface area (Å²) < 4.78 is 9.92. The van der Waals surface area contributed by atoms with Crippen molar-refractivity contribution in [1.82, 2.24) is 0 Å². The van der Waals surface area contributed by atoms with Crippen molar-refractivity contribution >= 4 is 12.3 Å². The van der Waals surface area contributed by atoms with Crippen molar-refractivity contribution in [2.24, 2.45) is 0 Å². The third-order valence-corrected chi connectivity index (χ3v) is 1.43. The molecular weight excluding hydrogens is 184 g/mol. The summed E-state index contributed by atoms with van der Waals surface area (Å²) in [6, 6.07) is 0. The summed E-state index contributed by atoms with van der Waals surface area (Å²) in [6.07, 6.45) is 2.49. The van der Waals surface area contributed by atoms with Gasteiger partial charge in [0.15, 0.2) is 0 Å². The Morgan fingerprint density at radius 1 is 1.43 bits per heavy atom. The van der Waals surface area contributed by atoms with Crippen LogP contribution in [-0.4, -0.2) is 36.9 Å². The number of carbonyl (C=O) groups excluding carboxylic acids is 2. The van der Waals surface area contributed by atoms with E-state index in [-0.39, 0.29) is 6.61 Å². The summed E-state index contributed by atoms with van der Waals surface area (Å²) in [7, 11) is 0. The maximum atomic E-state index is 10.9. The zero-order chi connectivity index (χ0) is 10.8. The van der Waals surface area contributed by atoms with E-state index >= 15 is 0 Å². The third kappa shape index (κ3) is 7.49. The number of carbonyl (C=O) groups is 1. The monoisotopic (exact) mass is 201 g/mol. The molecule has 0 spiro atoms. The van der Waals surface area contributed by atoms with E-state index in [0.717, 1.165) is 12.7 Å². The van der Waals surface area contributed by atoms with E-state index in [1.807, 2.05) is 0 Å². The molecule has 0 radical (unpaired) electrons. The highest BCUT2D eigenvalue weighted by atomic mass is 16.6. The van der Waals surface area contributed by atoms with Crippen LogP contribution in [0.25, 0.3) is 0 Å². The molecule has 0 aromatic heterocycles. The van der Waals surface area contributed by atoms with Crippen molar-refractivity contribution in [2.75, 3.05) is 19.8 Å². The van der Waals surface area contributed by atoms with Crippen LogP contribution in [0.1, 0.15) is 19.8 Å². The van der Waals surface area contributed by atoms with Gasteiger partial charge in [-0.3, -0.25) is 4.79 Å². The Morgan fingerprint density at radius 3 is 2.71 bits per heavy atom. The van der Waals surface area contributed by atoms with Crippen LogP contribution >= 0.6 is 0 Å². The Balaban J connectivity index is 3.17. The van der Waals surface area contributed by atoms with E-state index in [0.29, 0.717) is 25.2 Å². The molecule has 4 heteroatoms. The largest absolute Gasteiger partial charge is 0.460 e. The van der Waals surface area contributed by atoms with Gasteiger partial charge in [-0.15, -0.1) is 0 Å². The molecule has 0 unspecified atom stereocenters. The fourth-order valence-corrected chi connectivity index (χ4v) is 0.695. The van der Waals surface area contributed by atoms with Gasteiger partial charge in [0.2, 0.25) is 0 Å². The predicted molar refractivity (Wildman–Crippen MR) is 53.8 cm³/mol. The molecule has 0 atom stereocenters. The molecule has 0 aliphatic carbocycles. The molecule has 0 saturated heterocycles. The summed E-state index contributed by atoms with van der Waals surface area (Å²) in [5.41, 5.74) is 0.389. The van der Waals surface area contributed by atoms with Crippen LogP contribution in [0.4, 0.5) is 0 Å². The lowest BCUT2D eigenvalue weighted by Gasteiger charge is -2.04. The van der Waals surface area contributed by atoms with Crippen LogP contribution in [0.3, 0.4) is 0 Å². The van der Waals surface area contributed by atoms with E-state index in [9.17, 15) is 4.79 Å². The molecule has 0 aromatic carbocycles. The lowest BCUT2D eigenvalue weighted by atomic mass is 10.3. The van der Waals surface area contributed by atoms with Crippen LogP contribution in [0.5, 0.6) is 0 Å². The first-order valence-corrected chi connectivity index (χ1v) is 4.54. The highest BCUT2D eigenvalue weighted by Crippen LogP contribution is 1.92. The normalized spacial score (nSPS) is 9.50. The molecule has 0 fully saturated rings. The van der Waals surface area contributed by atoms with Gasteiger partial charge in [-0.25, -0.2) is 4.79 Å². The van der Waals surface area contributed by atoms with Crippen LogP contribution in [0.15, 0.2) is 12.2 Å². The van der Waals surface area contributed by atoms with Gasteiger partial charge in [-0.2, -0.15) is 0 Å². The number of unbranched alkanes of at least 4 members (excludes halogenated alkanes) is 1. The molecule has 0 aliphatic heterocycles. The van der Waals surface area contributed by atoms with Gasteiger partial charge in [0.05, 0.1) is 13.0 Å². The maximum absolute atomic E-state index is 10.9. The van der Waals surface area contributed by atoms with Gasteiger partial charge >= 0.3 is 5.97 Å². The van der Waals surface area contributed by atoms with Crippen LogP contribution in [-0.2, 0) is 14.3 Å². The second-order valence-corrected chi connectivity index (χ2v) is 2.85. The Hall–Kier alpha value is -1.16. The minimum absolute atomic E-state index is 0.245. The maximum Gasteiger partial charge on any atom is 0.333 e. The van der Waals surface area contributed by atoms with E-state index in [1.165, 1.54) is 0 Å². The second kappa shape index (κ2) is 8.44. The molecule has 80 valence electrons. The number of hydrogen-bond donors (Lipinski definition) is 0. The first-order valence-electron chi connectivity index (χ1n) is 4.54. The van der Waals surface area contributed by atoms with E-state index < -0.39 is 5.97 Å². The highest BCUT2D eigenvalue weighted by Gasteiger charge is 2.01. The minimum Gasteiger partial charge on any atom is -0.460 e. The van der Waals surface area contributed by atoms with E-state index in [2.05, 4.69) is 6.58 Å². The molecule has 0 aliphatic rings. The minimum atomic E-state index is -0.391. The Kier molecular flexibility index (Phi) is 7.74. The molecule has 0 aromatic rings. The predicted octanol–water partition coefficient (Wildman–Crippen LogP) is 1.08. The summed E-state index contributed by atoms with van der Waals surface area (Å²) in [5, 5.41) is 0. The molecule has 0 bridgehead atoms. The first-order chi connectivity index (χ1) is 6.68. The van der Waals surface area contributed by atoms with Crippen molar-refractivity contribution in [3.8, 4) is 0 Å². The molecule has 4 nitrogen and oxygen atoms in total. The fraction of sp³-hybridized carbons (Fsp3) is 0.600. The zero-order valence-electron chi connectivity index (χ0n) is 8.49. The second-order valence-electron chi connectivity index (χ2n) is 2.85. The van der Waals surface area contributed by atoms with Gasteiger partial charge in [0.1, 0.15) is 6.61 Å². The van der Waals surface area contributed by atoms with Crippen molar-refractivity contribution < 1.29 is 19.1 Å². The van der Waals surface area contributed by atoms with Gasteiger partial charge in [0, 0.05) is 12.2 Å². The zero-order valence-corrected chi connectivity index (χ0v) is 8.49. The lowest BCUT2D eigenvalue weighted by molar-refractivity contribution is -0.140. The molecular formula is C10H17O4+. The number of aldehydes is 1. The summed E-state index contributed by atoms with van der Waals surface area (Å²) in [6.45, 7) is 6.23. The molecule has 0 rings (SSSR count). The molecule has 0 amide bonds. The van der Waals surface area contributed by atoms with Crippen LogP contribution in [0, 0.1) is 0 Å². The van der Waals surface area contributed by atoms with Crippen molar-refractivity contribution in [3.05, 3.63) is 12.2 Å². The lowest BCUT2D eigenvalue weighted by Crippen LogP contribution is -2.11.